The number of hydrogen-bond acceptors (Lipinski definition) is 5. The minimum Gasteiger partial charge on any atom is -0.356 e. The van der Waals surface area contributed by atoms with Crippen molar-refractivity contribution < 1.29 is 0 Å². The van der Waals surface area contributed by atoms with Crippen LogP contribution in [0.3, 0.4) is 0 Å². The third-order valence-corrected chi connectivity index (χ3v) is 4.53. The van der Waals surface area contributed by atoms with Crippen LogP contribution in [-0.4, -0.2) is 23.1 Å². The number of hydrogen-bond donors (Lipinski definition) is 2. The van der Waals surface area contributed by atoms with Crippen molar-refractivity contribution >= 4 is 11.6 Å². The lowest BCUT2D eigenvalue weighted by Gasteiger charge is -2.28. The van der Waals surface area contributed by atoms with Crippen LogP contribution in [0.25, 0.3) is 0 Å². The van der Waals surface area contributed by atoms with Crippen molar-refractivity contribution in [2.24, 2.45) is 11.8 Å². The van der Waals surface area contributed by atoms with Gasteiger partial charge >= 0.3 is 0 Å². The van der Waals surface area contributed by atoms with Crippen LogP contribution in [0.15, 0.2) is 0 Å². The first-order valence-electron chi connectivity index (χ1n) is 8.24. The number of nitrogens with one attached hydrogen (secondary N) is 1. The van der Waals surface area contributed by atoms with E-state index >= 15 is 0 Å². The smallest absolute Gasteiger partial charge is 0.148 e. The predicted octanol–water partition coefficient (Wildman–Crippen LogP) is 3.21. The summed E-state index contributed by atoms with van der Waals surface area (Å²) in [5, 5.41) is 0. The summed E-state index contributed by atoms with van der Waals surface area (Å²) in [7, 11) is 0. The van der Waals surface area contributed by atoms with Crippen molar-refractivity contribution in [2.45, 2.75) is 59.3 Å². The Bertz CT molecular complexity index is 466. The third-order valence-electron chi connectivity index (χ3n) is 4.53. The minimum atomic E-state index is 0.531. The number of nitrogen functional groups attached to an aromatic ring is 1. The van der Waals surface area contributed by atoms with Gasteiger partial charge in [-0.05, 0) is 32.6 Å². The van der Waals surface area contributed by atoms with Crippen LogP contribution in [0.2, 0.25) is 0 Å². The van der Waals surface area contributed by atoms with Crippen LogP contribution < -0.4 is 16.2 Å². The van der Waals surface area contributed by atoms with Crippen molar-refractivity contribution in [2.75, 3.05) is 23.4 Å². The minimum absolute atomic E-state index is 0.531. The Hall–Kier alpha value is -1.36. The predicted molar refractivity (Wildman–Crippen MR) is 88.5 cm³/mol. The zero-order valence-corrected chi connectivity index (χ0v) is 13.8. The lowest BCUT2D eigenvalue weighted by molar-refractivity contribution is 0.483. The normalized spacial score (nSPS) is 14.6. The van der Waals surface area contributed by atoms with Gasteiger partial charge in [0.15, 0.2) is 0 Å². The molecule has 1 aromatic rings. The summed E-state index contributed by atoms with van der Waals surface area (Å²) < 4.78 is 0. The molecule has 1 fully saturated rings. The standard InChI is InChI=1S/C16H29N5/c1-5-12(6-2)10-21(7-3)16-11(4)14(20-17)18-15(19-16)13-8-9-13/h12-13H,5-10,17H2,1-4H3,(H,18,19,20). The van der Waals surface area contributed by atoms with Crippen molar-refractivity contribution in [1.82, 2.24) is 9.97 Å². The molecule has 0 unspecified atom stereocenters. The van der Waals surface area contributed by atoms with Gasteiger partial charge in [-0.15, -0.1) is 0 Å². The molecule has 0 amide bonds. The average Bonchev–Trinajstić information content (AvgIpc) is 3.34. The maximum Gasteiger partial charge on any atom is 0.148 e. The molecule has 5 heteroatoms. The molecule has 5 nitrogen and oxygen atoms in total. The van der Waals surface area contributed by atoms with Gasteiger partial charge in [0.2, 0.25) is 0 Å². The van der Waals surface area contributed by atoms with Gasteiger partial charge in [0.1, 0.15) is 17.5 Å². The Labute approximate surface area is 128 Å². The second-order valence-corrected chi connectivity index (χ2v) is 6.02. The molecule has 0 bridgehead atoms. The summed E-state index contributed by atoms with van der Waals surface area (Å²) in [6.45, 7) is 10.8. The Kier molecular flexibility index (Phi) is 5.39. The number of hydrazine groups is 1. The van der Waals surface area contributed by atoms with E-state index in [1.165, 1.54) is 25.7 Å². The molecule has 0 aliphatic heterocycles. The highest BCUT2D eigenvalue weighted by Gasteiger charge is 2.29. The van der Waals surface area contributed by atoms with Crippen LogP contribution in [0.5, 0.6) is 0 Å². The van der Waals surface area contributed by atoms with Crippen LogP contribution in [0.1, 0.15) is 63.8 Å². The van der Waals surface area contributed by atoms with Crippen molar-refractivity contribution in [1.29, 1.82) is 0 Å². The summed E-state index contributed by atoms with van der Waals surface area (Å²) >= 11 is 0. The largest absolute Gasteiger partial charge is 0.356 e. The van der Waals surface area contributed by atoms with Gasteiger partial charge in [-0.1, -0.05) is 26.7 Å². The maximum atomic E-state index is 5.65. The van der Waals surface area contributed by atoms with E-state index in [2.05, 4.69) is 43.0 Å². The fraction of sp³-hybridized carbons (Fsp3) is 0.750. The van der Waals surface area contributed by atoms with E-state index in [1.54, 1.807) is 0 Å². The lowest BCUT2D eigenvalue weighted by atomic mass is 10.0. The molecular formula is C16H29N5. The first-order chi connectivity index (χ1) is 10.1. The number of anilines is 2. The van der Waals surface area contributed by atoms with Gasteiger partial charge in [0.25, 0.3) is 0 Å². The van der Waals surface area contributed by atoms with Crippen LogP contribution in [0.4, 0.5) is 11.6 Å². The first kappa shape index (κ1) is 16.0. The number of nitrogens with zero attached hydrogens (tertiary/aromatic N) is 3. The van der Waals surface area contributed by atoms with Gasteiger partial charge in [-0.3, -0.25) is 0 Å². The molecule has 0 atom stereocenters. The van der Waals surface area contributed by atoms with E-state index in [1.807, 2.05) is 0 Å². The molecule has 2 rings (SSSR count). The molecule has 1 heterocycles. The summed E-state index contributed by atoms with van der Waals surface area (Å²) in [5.41, 5.74) is 3.79. The van der Waals surface area contributed by atoms with Gasteiger partial charge in [-0.2, -0.15) is 0 Å². The van der Waals surface area contributed by atoms with E-state index in [0.717, 1.165) is 36.1 Å². The lowest BCUT2D eigenvalue weighted by Crippen LogP contribution is -2.31. The Morgan fingerprint density at radius 3 is 2.38 bits per heavy atom. The van der Waals surface area contributed by atoms with Crippen LogP contribution >= 0.6 is 0 Å². The Morgan fingerprint density at radius 1 is 1.24 bits per heavy atom. The summed E-state index contributed by atoms with van der Waals surface area (Å²) in [6.07, 6.45) is 4.81. The number of nitrogens with two attached hydrogens (primary N) is 1. The fourth-order valence-electron chi connectivity index (χ4n) is 2.72. The van der Waals surface area contributed by atoms with E-state index in [4.69, 9.17) is 10.8 Å². The number of aromatic nitrogens is 2. The molecule has 1 aliphatic carbocycles. The maximum absolute atomic E-state index is 5.65. The summed E-state index contributed by atoms with van der Waals surface area (Å²) in [5.74, 6) is 9.65. The molecule has 0 radical (unpaired) electrons. The van der Waals surface area contributed by atoms with E-state index < -0.39 is 0 Å². The molecule has 3 N–H and O–H groups in total. The van der Waals surface area contributed by atoms with Crippen molar-refractivity contribution in [3.63, 3.8) is 0 Å². The van der Waals surface area contributed by atoms with Crippen LogP contribution in [0, 0.1) is 12.8 Å². The second-order valence-electron chi connectivity index (χ2n) is 6.02. The molecule has 0 spiro atoms. The summed E-state index contributed by atoms with van der Waals surface area (Å²) in [4.78, 5) is 11.8. The highest BCUT2D eigenvalue weighted by molar-refractivity contribution is 5.58. The van der Waals surface area contributed by atoms with Gasteiger partial charge in [0.05, 0.1) is 0 Å². The number of rotatable bonds is 8. The van der Waals surface area contributed by atoms with Crippen molar-refractivity contribution in [3.8, 4) is 0 Å². The van der Waals surface area contributed by atoms with Crippen LogP contribution in [-0.2, 0) is 0 Å². The highest BCUT2D eigenvalue weighted by atomic mass is 15.3. The molecule has 0 saturated heterocycles. The molecule has 0 aromatic carbocycles. The topological polar surface area (TPSA) is 67.1 Å². The van der Waals surface area contributed by atoms with E-state index in [0.29, 0.717) is 11.8 Å². The molecule has 1 aromatic heterocycles. The Balaban J connectivity index is 2.32. The second kappa shape index (κ2) is 7.07. The SMILES string of the molecule is CCC(CC)CN(CC)c1nc(C2CC2)nc(NN)c1C. The van der Waals surface area contributed by atoms with Gasteiger partial charge in [-0.25, -0.2) is 15.8 Å². The molecule has 21 heavy (non-hydrogen) atoms. The van der Waals surface area contributed by atoms with Crippen molar-refractivity contribution in [3.05, 3.63) is 11.4 Å². The average molecular weight is 291 g/mol. The molecule has 1 aliphatic rings. The zero-order valence-electron chi connectivity index (χ0n) is 13.8. The quantitative estimate of drug-likeness (QED) is 0.568. The zero-order chi connectivity index (χ0) is 15.4. The monoisotopic (exact) mass is 291 g/mol. The molecule has 118 valence electrons. The third kappa shape index (κ3) is 3.64. The van der Waals surface area contributed by atoms with E-state index in [9.17, 15) is 0 Å². The molecule has 1 saturated carbocycles. The summed E-state index contributed by atoms with van der Waals surface area (Å²) in [6, 6.07) is 0. The van der Waals surface area contributed by atoms with Gasteiger partial charge in [0, 0.05) is 24.6 Å². The first-order valence-corrected chi connectivity index (χ1v) is 8.24. The highest BCUT2D eigenvalue weighted by Crippen LogP contribution is 2.40. The Morgan fingerprint density at radius 2 is 1.90 bits per heavy atom. The molecular weight excluding hydrogens is 262 g/mol. The fourth-order valence-corrected chi connectivity index (χ4v) is 2.72. The van der Waals surface area contributed by atoms with Gasteiger partial charge < -0.3 is 10.3 Å². The van der Waals surface area contributed by atoms with E-state index in [-0.39, 0.29) is 0 Å².